The van der Waals surface area contributed by atoms with E-state index in [2.05, 4.69) is 55.3 Å². The molecule has 2 rings (SSSR count). The minimum atomic E-state index is -0.572. The molecule has 0 aliphatic rings. The Morgan fingerprint density at radius 1 is 1.21 bits per heavy atom. The Balaban J connectivity index is 2.11. The number of aliphatic hydroxyl groups excluding tert-OH is 1. The standard InChI is InChI=1S/C15H21N3O/c1-11(19)14-10-18(17-16-14)9-12-5-7-13(8-6-12)15(2,3)4/h5-8,10-11,19H,9H2,1-4H3. The molecule has 19 heavy (non-hydrogen) atoms. The number of rotatable bonds is 3. The zero-order valence-electron chi connectivity index (χ0n) is 12.0. The highest BCUT2D eigenvalue weighted by Crippen LogP contribution is 2.22. The zero-order valence-corrected chi connectivity index (χ0v) is 12.0. The van der Waals surface area contributed by atoms with Gasteiger partial charge in [0.15, 0.2) is 0 Å². The Kier molecular flexibility index (Phi) is 3.71. The van der Waals surface area contributed by atoms with Crippen molar-refractivity contribution in [2.75, 3.05) is 0 Å². The lowest BCUT2D eigenvalue weighted by atomic mass is 9.87. The lowest BCUT2D eigenvalue weighted by Crippen LogP contribution is -2.11. The van der Waals surface area contributed by atoms with Crippen LogP contribution >= 0.6 is 0 Å². The van der Waals surface area contributed by atoms with Gasteiger partial charge in [-0.25, -0.2) is 4.68 Å². The zero-order chi connectivity index (χ0) is 14.0. The molecule has 0 fully saturated rings. The van der Waals surface area contributed by atoms with Gasteiger partial charge >= 0.3 is 0 Å². The second-order valence-electron chi connectivity index (χ2n) is 5.96. The van der Waals surface area contributed by atoms with Crippen molar-refractivity contribution in [3.8, 4) is 0 Å². The first-order chi connectivity index (χ1) is 8.86. The Morgan fingerprint density at radius 2 is 1.84 bits per heavy atom. The molecule has 1 atom stereocenters. The van der Waals surface area contributed by atoms with Gasteiger partial charge in [-0.3, -0.25) is 0 Å². The Labute approximate surface area is 114 Å². The van der Waals surface area contributed by atoms with Crippen LogP contribution in [0.4, 0.5) is 0 Å². The molecular weight excluding hydrogens is 238 g/mol. The first kappa shape index (κ1) is 13.7. The van der Waals surface area contributed by atoms with Crippen molar-refractivity contribution >= 4 is 0 Å². The molecule has 0 amide bonds. The van der Waals surface area contributed by atoms with Gasteiger partial charge < -0.3 is 5.11 Å². The predicted octanol–water partition coefficient (Wildman–Crippen LogP) is 2.68. The van der Waals surface area contributed by atoms with E-state index < -0.39 is 6.10 Å². The van der Waals surface area contributed by atoms with Gasteiger partial charge in [0.25, 0.3) is 0 Å². The second-order valence-corrected chi connectivity index (χ2v) is 5.96. The molecule has 1 aromatic heterocycles. The Hall–Kier alpha value is -1.68. The van der Waals surface area contributed by atoms with Gasteiger partial charge in [0, 0.05) is 0 Å². The van der Waals surface area contributed by atoms with Gasteiger partial charge in [0.05, 0.1) is 18.8 Å². The van der Waals surface area contributed by atoms with Crippen LogP contribution < -0.4 is 0 Å². The first-order valence-corrected chi connectivity index (χ1v) is 6.54. The molecule has 0 aliphatic heterocycles. The molecule has 4 nitrogen and oxygen atoms in total. The van der Waals surface area contributed by atoms with Gasteiger partial charge in [0.1, 0.15) is 5.69 Å². The summed E-state index contributed by atoms with van der Waals surface area (Å²) in [7, 11) is 0. The van der Waals surface area contributed by atoms with Crippen LogP contribution in [-0.2, 0) is 12.0 Å². The van der Waals surface area contributed by atoms with Gasteiger partial charge in [0.2, 0.25) is 0 Å². The monoisotopic (exact) mass is 259 g/mol. The lowest BCUT2D eigenvalue weighted by molar-refractivity contribution is 0.194. The number of aliphatic hydroxyl groups is 1. The number of aromatic nitrogens is 3. The molecular formula is C15H21N3O. The lowest BCUT2D eigenvalue weighted by Gasteiger charge is -2.19. The fourth-order valence-corrected chi connectivity index (χ4v) is 1.88. The van der Waals surface area contributed by atoms with Crippen LogP contribution in [0, 0.1) is 0 Å². The second kappa shape index (κ2) is 5.13. The van der Waals surface area contributed by atoms with E-state index in [1.165, 1.54) is 11.1 Å². The number of benzene rings is 1. The van der Waals surface area contributed by atoms with E-state index in [-0.39, 0.29) is 5.41 Å². The number of hydrogen-bond acceptors (Lipinski definition) is 3. The maximum atomic E-state index is 9.41. The molecule has 1 N–H and O–H groups in total. The summed E-state index contributed by atoms with van der Waals surface area (Å²) in [5.74, 6) is 0. The van der Waals surface area contributed by atoms with Crippen molar-refractivity contribution in [1.82, 2.24) is 15.0 Å². The van der Waals surface area contributed by atoms with Crippen molar-refractivity contribution in [3.63, 3.8) is 0 Å². The summed E-state index contributed by atoms with van der Waals surface area (Å²) >= 11 is 0. The van der Waals surface area contributed by atoms with E-state index >= 15 is 0 Å². The van der Waals surface area contributed by atoms with Crippen LogP contribution in [0.25, 0.3) is 0 Å². The number of hydrogen-bond donors (Lipinski definition) is 1. The quantitative estimate of drug-likeness (QED) is 0.922. The maximum absolute atomic E-state index is 9.41. The van der Waals surface area contributed by atoms with Gasteiger partial charge in [-0.05, 0) is 23.5 Å². The highest BCUT2D eigenvalue weighted by Gasteiger charge is 2.13. The van der Waals surface area contributed by atoms with E-state index in [1.54, 1.807) is 17.8 Å². The molecule has 1 heterocycles. The first-order valence-electron chi connectivity index (χ1n) is 6.54. The summed E-state index contributed by atoms with van der Waals surface area (Å²) in [5.41, 5.74) is 3.27. The van der Waals surface area contributed by atoms with E-state index in [9.17, 15) is 5.11 Å². The summed E-state index contributed by atoms with van der Waals surface area (Å²) in [6.45, 7) is 8.97. The molecule has 2 aromatic rings. The summed E-state index contributed by atoms with van der Waals surface area (Å²) in [6, 6.07) is 8.54. The SMILES string of the molecule is CC(O)c1cn(Cc2ccc(C(C)(C)C)cc2)nn1. The molecule has 0 saturated heterocycles. The van der Waals surface area contributed by atoms with Gasteiger partial charge in [-0.15, -0.1) is 5.10 Å². The van der Waals surface area contributed by atoms with Crippen LogP contribution in [0.15, 0.2) is 30.5 Å². The Morgan fingerprint density at radius 3 is 2.32 bits per heavy atom. The third-order valence-electron chi connectivity index (χ3n) is 3.15. The smallest absolute Gasteiger partial charge is 0.111 e. The van der Waals surface area contributed by atoms with E-state index in [1.807, 2.05) is 0 Å². The van der Waals surface area contributed by atoms with Crippen LogP contribution in [0.3, 0.4) is 0 Å². The minimum Gasteiger partial charge on any atom is -0.387 e. The highest BCUT2D eigenvalue weighted by atomic mass is 16.3. The van der Waals surface area contributed by atoms with Gasteiger partial charge in [-0.2, -0.15) is 0 Å². The molecule has 0 spiro atoms. The van der Waals surface area contributed by atoms with E-state index in [0.717, 1.165) is 0 Å². The molecule has 0 bridgehead atoms. The molecule has 0 radical (unpaired) electrons. The largest absolute Gasteiger partial charge is 0.387 e. The van der Waals surface area contributed by atoms with Gasteiger partial charge in [-0.1, -0.05) is 50.3 Å². The fourth-order valence-electron chi connectivity index (χ4n) is 1.88. The van der Waals surface area contributed by atoms with Crippen LogP contribution in [-0.4, -0.2) is 20.1 Å². The van der Waals surface area contributed by atoms with Crippen molar-refractivity contribution in [2.45, 2.75) is 45.8 Å². The van der Waals surface area contributed by atoms with Crippen molar-refractivity contribution in [3.05, 3.63) is 47.3 Å². The van der Waals surface area contributed by atoms with E-state index in [4.69, 9.17) is 0 Å². The fraction of sp³-hybridized carbons (Fsp3) is 0.467. The Bertz CT molecular complexity index is 535. The molecule has 0 saturated carbocycles. The predicted molar refractivity (Wildman–Crippen MR) is 74.9 cm³/mol. The molecule has 1 aromatic carbocycles. The normalized spacial score (nSPS) is 13.5. The van der Waals surface area contributed by atoms with E-state index in [0.29, 0.717) is 12.2 Å². The van der Waals surface area contributed by atoms with Crippen molar-refractivity contribution in [1.29, 1.82) is 0 Å². The number of nitrogens with zero attached hydrogens (tertiary/aromatic N) is 3. The van der Waals surface area contributed by atoms with Crippen molar-refractivity contribution < 1.29 is 5.11 Å². The third kappa shape index (κ3) is 3.41. The van der Waals surface area contributed by atoms with Crippen molar-refractivity contribution in [2.24, 2.45) is 0 Å². The summed E-state index contributed by atoms with van der Waals surface area (Å²) < 4.78 is 1.74. The molecule has 4 heteroatoms. The third-order valence-corrected chi connectivity index (χ3v) is 3.15. The summed E-state index contributed by atoms with van der Waals surface area (Å²) in [4.78, 5) is 0. The maximum Gasteiger partial charge on any atom is 0.111 e. The van der Waals surface area contributed by atoms with Crippen LogP contribution in [0.2, 0.25) is 0 Å². The minimum absolute atomic E-state index is 0.172. The molecule has 1 unspecified atom stereocenters. The molecule has 0 aliphatic carbocycles. The van der Waals surface area contributed by atoms with Crippen LogP contribution in [0.5, 0.6) is 0 Å². The average molecular weight is 259 g/mol. The topological polar surface area (TPSA) is 50.9 Å². The highest BCUT2D eigenvalue weighted by molar-refractivity contribution is 5.27. The summed E-state index contributed by atoms with van der Waals surface area (Å²) in [6.07, 6.45) is 1.21. The van der Waals surface area contributed by atoms with Crippen LogP contribution in [0.1, 0.15) is 50.6 Å². The summed E-state index contributed by atoms with van der Waals surface area (Å²) in [5, 5.41) is 17.4. The average Bonchev–Trinajstić information content (AvgIpc) is 2.77. The molecule has 102 valence electrons.